The maximum Gasteiger partial charge on any atom is 0.407 e. The molecule has 0 aliphatic carbocycles. The zero-order chi connectivity index (χ0) is 14.5. The first kappa shape index (κ1) is 15.7. The Labute approximate surface area is 112 Å². The molecule has 110 valence electrons. The van der Waals surface area contributed by atoms with Crippen molar-refractivity contribution in [2.45, 2.75) is 45.3 Å². The van der Waals surface area contributed by atoms with Crippen molar-refractivity contribution in [3.8, 4) is 0 Å². The van der Waals surface area contributed by atoms with E-state index in [4.69, 9.17) is 9.57 Å². The first-order chi connectivity index (χ1) is 8.81. The van der Waals surface area contributed by atoms with Gasteiger partial charge >= 0.3 is 6.09 Å². The van der Waals surface area contributed by atoms with Gasteiger partial charge in [-0.2, -0.15) is 0 Å². The molecular formula is C12H22N2O5. The third kappa shape index (κ3) is 5.89. The minimum Gasteiger partial charge on any atom is -0.444 e. The Morgan fingerprint density at radius 2 is 2.32 bits per heavy atom. The van der Waals surface area contributed by atoms with Crippen LogP contribution in [0.3, 0.4) is 0 Å². The summed E-state index contributed by atoms with van der Waals surface area (Å²) in [6.45, 7) is 5.45. The summed E-state index contributed by atoms with van der Waals surface area (Å²) >= 11 is 0. The van der Waals surface area contributed by atoms with Crippen LogP contribution in [0.1, 0.15) is 33.6 Å². The highest BCUT2D eigenvalue weighted by Crippen LogP contribution is 2.15. The molecule has 1 aliphatic heterocycles. The summed E-state index contributed by atoms with van der Waals surface area (Å²) < 4.78 is 5.10. The number of hydroxylamine groups is 1. The van der Waals surface area contributed by atoms with E-state index in [1.54, 1.807) is 20.8 Å². The highest BCUT2D eigenvalue weighted by Gasteiger charge is 2.27. The van der Waals surface area contributed by atoms with Gasteiger partial charge in [0.05, 0.1) is 19.3 Å². The van der Waals surface area contributed by atoms with E-state index in [0.29, 0.717) is 19.4 Å². The number of aliphatic hydroxyl groups is 1. The van der Waals surface area contributed by atoms with Crippen molar-refractivity contribution in [2.24, 2.45) is 5.92 Å². The van der Waals surface area contributed by atoms with Gasteiger partial charge < -0.3 is 15.2 Å². The number of rotatable bonds is 4. The summed E-state index contributed by atoms with van der Waals surface area (Å²) in [4.78, 5) is 27.9. The van der Waals surface area contributed by atoms with E-state index in [1.807, 2.05) is 0 Å². The molecule has 0 spiro atoms. The Morgan fingerprint density at radius 3 is 2.84 bits per heavy atom. The lowest BCUT2D eigenvalue weighted by Gasteiger charge is -2.26. The van der Waals surface area contributed by atoms with E-state index in [2.05, 4.69) is 10.8 Å². The number of carbonyl (C=O) groups excluding carboxylic acids is 2. The summed E-state index contributed by atoms with van der Waals surface area (Å²) in [5, 5.41) is 11.8. The molecule has 1 rings (SSSR count). The van der Waals surface area contributed by atoms with Gasteiger partial charge in [-0.1, -0.05) is 0 Å². The molecule has 0 unspecified atom stereocenters. The Hall–Kier alpha value is -1.34. The molecule has 1 saturated heterocycles. The van der Waals surface area contributed by atoms with Gasteiger partial charge in [0.1, 0.15) is 5.60 Å². The van der Waals surface area contributed by atoms with Crippen molar-refractivity contribution >= 4 is 12.0 Å². The van der Waals surface area contributed by atoms with Gasteiger partial charge in [0.15, 0.2) is 0 Å². The Balaban J connectivity index is 2.44. The number of hydrogen-bond acceptors (Lipinski definition) is 5. The van der Waals surface area contributed by atoms with Gasteiger partial charge in [-0.25, -0.2) is 10.3 Å². The summed E-state index contributed by atoms with van der Waals surface area (Å²) in [6.07, 6.45) is 0.322. The fourth-order valence-corrected chi connectivity index (χ4v) is 1.76. The van der Waals surface area contributed by atoms with Gasteiger partial charge in [-0.3, -0.25) is 9.63 Å². The van der Waals surface area contributed by atoms with Crippen LogP contribution in [0, 0.1) is 5.92 Å². The Kier molecular flexibility index (Phi) is 5.56. The fraction of sp³-hybridized carbons (Fsp3) is 0.833. The fourth-order valence-electron chi connectivity index (χ4n) is 1.76. The number of nitrogens with one attached hydrogen (secondary N) is 2. The number of ether oxygens (including phenoxy) is 1. The molecule has 0 aromatic carbocycles. The van der Waals surface area contributed by atoms with E-state index in [1.165, 1.54) is 0 Å². The minimum absolute atomic E-state index is 0.226. The highest BCUT2D eigenvalue weighted by molar-refractivity contribution is 5.78. The predicted molar refractivity (Wildman–Crippen MR) is 67.1 cm³/mol. The highest BCUT2D eigenvalue weighted by atomic mass is 16.7. The second kappa shape index (κ2) is 6.72. The molecule has 0 saturated carbocycles. The molecule has 0 aromatic rings. The largest absolute Gasteiger partial charge is 0.444 e. The zero-order valence-electron chi connectivity index (χ0n) is 11.6. The maximum atomic E-state index is 11.6. The molecule has 19 heavy (non-hydrogen) atoms. The molecular weight excluding hydrogens is 252 g/mol. The van der Waals surface area contributed by atoms with E-state index >= 15 is 0 Å². The van der Waals surface area contributed by atoms with Gasteiger partial charge in [0.25, 0.3) is 0 Å². The molecule has 3 N–H and O–H groups in total. The number of hydrogen-bond donors (Lipinski definition) is 3. The molecule has 1 fully saturated rings. The topological polar surface area (TPSA) is 96.9 Å². The van der Waals surface area contributed by atoms with Crippen molar-refractivity contribution in [3.63, 3.8) is 0 Å². The second-order valence-electron chi connectivity index (χ2n) is 5.56. The lowest BCUT2D eigenvalue weighted by Crippen LogP contribution is -2.45. The standard InChI is InChI=1S/C12H22N2O5/c1-12(2,3)19-11(17)13-9(7-15)6-8-4-5-18-14-10(8)16/h8-9,15H,4-7H2,1-3H3,(H,13,17)(H,14,16)/t8-,9-/m0/s1. The van der Waals surface area contributed by atoms with Crippen LogP contribution in [0.4, 0.5) is 4.79 Å². The summed E-state index contributed by atoms with van der Waals surface area (Å²) in [7, 11) is 0. The van der Waals surface area contributed by atoms with Crippen molar-refractivity contribution in [1.29, 1.82) is 0 Å². The van der Waals surface area contributed by atoms with Gasteiger partial charge in [0, 0.05) is 5.92 Å². The molecule has 0 radical (unpaired) electrons. The maximum absolute atomic E-state index is 11.6. The lowest BCUT2D eigenvalue weighted by atomic mass is 9.96. The molecule has 0 aromatic heterocycles. The molecule has 2 atom stereocenters. The van der Waals surface area contributed by atoms with Crippen molar-refractivity contribution in [1.82, 2.24) is 10.8 Å². The van der Waals surface area contributed by atoms with E-state index in [0.717, 1.165) is 0 Å². The smallest absolute Gasteiger partial charge is 0.407 e. The molecule has 1 aliphatic rings. The van der Waals surface area contributed by atoms with E-state index < -0.39 is 17.7 Å². The molecule has 7 heteroatoms. The first-order valence-electron chi connectivity index (χ1n) is 6.34. The second-order valence-corrected chi connectivity index (χ2v) is 5.56. The minimum atomic E-state index is -0.598. The normalized spacial score (nSPS) is 21.5. The zero-order valence-corrected chi connectivity index (χ0v) is 11.6. The number of carbonyl (C=O) groups is 2. The molecule has 7 nitrogen and oxygen atoms in total. The van der Waals surface area contributed by atoms with Crippen LogP contribution in [-0.4, -0.2) is 42.0 Å². The number of alkyl carbamates (subject to hydrolysis) is 1. The summed E-state index contributed by atoms with van der Waals surface area (Å²) in [5.41, 5.74) is 1.69. The average molecular weight is 274 g/mol. The van der Waals surface area contributed by atoms with Crippen LogP contribution in [0.2, 0.25) is 0 Å². The third-order valence-corrected chi connectivity index (χ3v) is 2.62. The number of amides is 2. The predicted octanol–water partition coefficient (Wildman–Crippen LogP) is 0.330. The van der Waals surface area contributed by atoms with Gasteiger partial charge in [-0.15, -0.1) is 0 Å². The van der Waals surface area contributed by atoms with Crippen molar-refractivity contribution in [2.75, 3.05) is 13.2 Å². The van der Waals surface area contributed by atoms with Gasteiger partial charge in [-0.05, 0) is 33.6 Å². The summed E-state index contributed by atoms with van der Waals surface area (Å²) in [6, 6.07) is -0.510. The van der Waals surface area contributed by atoms with Crippen LogP contribution in [-0.2, 0) is 14.4 Å². The van der Waals surface area contributed by atoms with Crippen LogP contribution in [0.15, 0.2) is 0 Å². The van der Waals surface area contributed by atoms with Gasteiger partial charge in [0.2, 0.25) is 5.91 Å². The van der Waals surface area contributed by atoms with E-state index in [-0.39, 0.29) is 18.4 Å². The Bertz CT molecular complexity index is 327. The van der Waals surface area contributed by atoms with Crippen molar-refractivity contribution < 1.29 is 24.3 Å². The molecule has 0 bridgehead atoms. The van der Waals surface area contributed by atoms with Crippen LogP contribution in [0.5, 0.6) is 0 Å². The van der Waals surface area contributed by atoms with E-state index in [9.17, 15) is 14.7 Å². The van der Waals surface area contributed by atoms with Crippen LogP contribution < -0.4 is 10.8 Å². The summed E-state index contributed by atoms with van der Waals surface area (Å²) in [5.74, 6) is -0.503. The lowest BCUT2D eigenvalue weighted by molar-refractivity contribution is -0.146. The monoisotopic (exact) mass is 274 g/mol. The molecule has 2 amide bonds. The average Bonchev–Trinajstić information content (AvgIpc) is 2.28. The van der Waals surface area contributed by atoms with Crippen molar-refractivity contribution in [3.05, 3.63) is 0 Å². The van der Waals surface area contributed by atoms with Crippen LogP contribution in [0.25, 0.3) is 0 Å². The molecule has 1 heterocycles. The number of aliphatic hydroxyl groups excluding tert-OH is 1. The Morgan fingerprint density at radius 1 is 1.63 bits per heavy atom. The third-order valence-electron chi connectivity index (χ3n) is 2.62. The SMILES string of the molecule is CC(C)(C)OC(=O)N[C@H](CO)C[C@@H]1CCONC1=O. The first-order valence-corrected chi connectivity index (χ1v) is 6.34. The quantitative estimate of drug-likeness (QED) is 0.686. The van der Waals surface area contributed by atoms with Crippen LogP contribution >= 0.6 is 0 Å².